The van der Waals surface area contributed by atoms with Gasteiger partial charge in [0.25, 0.3) is 0 Å². The summed E-state index contributed by atoms with van der Waals surface area (Å²) in [4.78, 5) is 21.6. The third-order valence-electron chi connectivity index (χ3n) is 3.20. The Morgan fingerprint density at radius 1 is 1.26 bits per heavy atom. The summed E-state index contributed by atoms with van der Waals surface area (Å²) in [7, 11) is 1.62. The number of methoxy groups -OCH3 is 1. The molecule has 0 aliphatic rings. The number of rotatable bonds is 10. The van der Waals surface area contributed by atoms with Crippen molar-refractivity contribution in [3.8, 4) is 5.75 Å². The van der Waals surface area contributed by atoms with E-state index in [1.165, 1.54) is 0 Å². The lowest BCUT2D eigenvalue weighted by atomic mass is 10.1. The van der Waals surface area contributed by atoms with Crippen molar-refractivity contribution < 1.29 is 19.4 Å². The van der Waals surface area contributed by atoms with Crippen LogP contribution in [0.5, 0.6) is 5.75 Å². The first-order valence-corrected chi connectivity index (χ1v) is 7.86. The second kappa shape index (κ2) is 10.7. The number of carboxylic acid groups (broad SMARTS) is 1. The van der Waals surface area contributed by atoms with Crippen LogP contribution >= 0.6 is 11.6 Å². The standard InChI is InChI=1S/C17H22ClNO4/c1-23-14-7-8-15(18)13(12-14)6-4-2-3-5-11-19-16(20)9-10-17(21)22/h2-3,7-8,12H,4-6,9-11H2,1H3,(H,19,20)(H,21,22)/b3-2+. The molecule has 0 heterocycles. The van der Waals surface area contributed by atoms with E-state index in [1.54, 1.807) is 7.11 Å². The highest BCUT2D eigenvalue weighted by Gasteiger charge is 2.03. The van der Waals surface area contributed by atoms with Crippen molar-refractivity contribution in [2.45, 2.75) is 32.1 Å². The number of nitrogens with one attached hydrogen (secondary N) is 1. The molecule has 0 saturated heterocycles. The predicted molar refractivity (Wildman–Crippen MR) is 90.0 cm³/mol. The van der Waals surface area contributed by atoms with Gasteiger partial charge in [0.1, 0.15) is 5.75 Å². The SMILES string of the molecule is COc1ccc(Cl)c(CC/C=C/CCNC(=O)CCC(=O)O)c1. The molecule has 1 rings (SSSR count). The number of aryl methyl sites for hydroxylation is 1. The lowest BCUT2D eigenvalue weighted by Gasteiger charge is -2.05. The average molecular weight is 340 g/mol. The van der Waals surface area contributed by atoms with Crippen LogP contribution in [-0.4, -0.2) is 30.6 Å². The van der Waals surface area contributed by atoms with Crippen LogP contribution in [0.2, 0.25) is 5.02 Å². The molecule has 0 bridgehead atoms. The number of allylic oxidation sites excluding steroid dienone is 1. The number of carbonyl (C=O) groups is 2. The maximum Gasteiger partial charge on any atom is 0.303 e. The molecule has 23 heavy (non-hydrogen) atoms. The molecule has 1 aromatic carbocycles. The first-order chi connectivity index (χ1) is 11.0. The van der Waals surface area contributed by atoms with Crippen molar-refractivity contribution >= 4 is 23.5 Å². The van der Waals surface area contributed by atoms with Gasteiger partial charge in [0.2, 0.25) is 5.91 Å². The quantitative estimate of drug-likeness (QED) is 0.507. The molecule has 0 fully saturated rings. The maximum absolute atomic E-state index is 11.3. The maximum atomic E-state index is 11.3. The number of carboxylic acids is 1. The van der Waals surface area contributed by atoms with Gasteiger partial charge in [0.15, 0.2) is 0 Å². The van der Waals surface area contributed by atoms with Crippen LogP contribution < -0.4 is 10.1 Å². The van der Waals surface area contributed by atoms with Crippen LogP contribution in [0.25, 0.3) is 0 Å². The van der Waals surface area contributed by atoms with Crippen molar-refractivity contribution in [3.63, 3.8) is 0 Å². The highest BCUT2D eigenvalue weighted by molar-refractivity contribution is 6.31. The first kappa shape index (κ1) is 19.0. The van der Waals surface area contributed by atoms with Crippen molar-refractivity contribution in [2.24, 2.45) is 0 Å². The summed E-state index contributed by atoms with van der Waals surface area (Å²) >= 11 is 6.13. The van der Waals surface area contributed by atoms with Crippen molar-refractivity contribution in [1.82, 2.24) is 5.32 Å². The molecular weight excluding hydrogens is 318 g/mol. The van der Waals surface area contributed by atoms with Gasteiger partial charge < -0.3 is 15.2 Å². The monoisotopic (exact) mass is 339 g/mol. The van der Waals surface area contributed by atoms with Gasteiger partial charge in [-0.25, -0.2) is 0 Å². The Bertz CT molecular complexity index is 558. The molecule has 126 valence electrons. The molecule has 0 atom stereocenters. The number of benzene rings is 1. The van der Waals surface area contributed by atoms with E-state index >= 15 is 0 Å². The molecule has 0 radical (unpaired) electrons. The molecule has 5 nitrogen and oxygen atoms in total. The number of aliphatic carboxylic acids is 1. The third kappa shape index (κ3) is 8.26. The molecular formula is C17H22ClNO4. The van der Waals surface area contributed by atoms with E-state index in [9.17, 15) is 9.59 Å². The normalized spacial score (nSPS) is 10.7. The van der Waals surface area contributed by atoms with Crippen LogP contribution in [0.4, 0.5) is 0 Å². The Morgan fingerprint density at radius 3 is 2.70 bits per heavy atom. The number of halogens is 1. The van der Waals surface area contributed by atoms with Gasteiger partial charge in [-0.2, -0.15) is 0 Å². The minimum Gasteiger partial charge on any atom is -0.497 e. The molecule has 0 aromatic heterocycles. The zero-order valence-corrected chi connectivity index (χ0v) is 13.9. The predicted octanol–water partition coefficient (Wildman–Crippen LogP) is 3.21. The molecule has 0 aliphatic heterocycles. The molecule has 1 amide bonds. The third-order valence-corrected chi connectivity index (χ3v) is 3.57. The first-order valence-electron chi connectivity index (χ1n) is 7.49. The Kier molecular flexibility index (Phi) is 8.83. The molecule has 2 N–H and O–H groups in total. The van der Waals surface area contributed by atoms with Crippen LogP contribution in [0.3, 0.4) is 0 Å². The average Bonchev–Trinajstić information content (AvgIpc) is 2.53. The minimum atomic E-state index is -0.962. The van der Waals surface area contributed by atoms with Gasteiger partial charge in [0, 0.05) is 18.0 Å². The molecule has 6 heteroatoms. The number of hydrogen-bond donors (Lipinski definition) is 2. The summed E-state index contributed by atoms with van der Waals surface area (Å²) in [6.45, 7) is 0.509. The van der Waals surface area contributed by atoms with Gasteiger partial charge in [-0.3, -0.25) is 9.59 Å². The van der Waals surface area contributed by atoms with Crippen molar-refractivity contribution in [1.29, 1.82) is 0 Å². The summed E-state index contributed by atoms with van der Waals surface area (Å²) < 4.78 is 5.17. The van der Waals surface area contributed by atoms with E-state index in [1.807, 2.05) is 30.4 Å². The van der Waals surface area contributed by atoms with E-state index < -0.39 is 5.97 Å². The summed E-state index contributed by atoms with van der Waals surface area (Å²) in [6, 6.07) is 5.58. The smallest absolute Gasteiger partial charge is 0.303 e. The number of ether oxygens (including phenoxy) is 1. The van der Waals surface area contributed by atoms with Crippen LogP contribution in [0.15, 0.2) is 30.4 Å². The minimum absolute atomic E-state index is 0.0212. The molecule has 1 aromatic rings. The lowest BCUT2D eigenvalue weighted by Crippen LogP contribution is -2.24. The number of hydrogen-bond acceptors (Lipinski definition) is 3. The zero-order valence-electron chi connectivity index (χ0n) is 13.2. The molecule has 0 spiro atoms. The molecule has 0 aliphatic carbocycles. The molecule has 0 unspecified atom stereocenters. The fraction of sp³-hybridized carbons (Fsp3) is 0.412. The lowest BCUT2D eigenvalue weighted by molar-refractivity contribution is -0.138. The Labute approximate surface area is 141 Å². The van der Waals surface area contributed by atoms with Crippen molar-refractivity contribution in [3.05, 3.63) is 40.9 Å². The van der Waals surface area contributed by atoms with Crippen molar-refractivity contribution in [2.75, 3.05) is 13.7 Å². The highest BCUT2D eigenvalue weighted by atomic mass is 35.5. The van der Waals surface area contributed by atoms with Gasteiger partial charge in [-0.15, -0.1) is 0 Å². The summed E-state index contributed by atoms with van der Waals surface area (Å²) in [5.41, 5.74) is 1.04. The Morgan fingerprint density at radius 2 is 2.00 bits per heavy atom. The fourth-order valence-corrected chi connectivity index (χ4v) is 2.16. The molecule has 0 saturated carbocycles. The fourth-order valence-electron chi connectivity index (χ4n) is 1.95. The second-order valence-corrected chi connectivity index (χ2v) is 5.41. The van der Waals surface area contributed by atoms with Crippen LogP contribution in [0, 0.1) is 0 Å². The van der Waals surface area contributed by atoms with Gasteiger partial charge >= 0.3 is 5.97 Å². The Hall–Kier alpha value is -2.01. The second-order valence-electron chi connectivity index (χ2n) is 5.00. The van der Waals surface area contributed by atoms with E-state index in [0.717, 1.165) is 29.2 Å². The topological polar surface area (TPSA) is 75.6 Å². The zero-order chi connectivity index (χ0) is 17.1. The summed E-state index contributed by atoms with van der Waals surface area (Å²) in [6.07, 6.45) is 6.29. The van der Waals surface area contributed by atoms with Crippen LogP contribution in [-0.2, 0) is 16.0 Å². The summed E-state index contributed by atoms with van der Waals surface area (Å²) in [5, 5.41) is 11.9. The van der Waals surface area contributed by atoms with E-state index in [4.69, 9.17) is 21.4 Å². The highest BCUT2D eigenvalue weighted by Crippen LogP contribution is 2.23. The van der Waals surface area contributed by atoms with Gasteiger partial charge in [-0.1, -0.05) is 23.8 Å². The van der Waals surface area contributed by atoms with E-state index in [2.05, 4.69) is 5.32 Å². The Balaban J connectivity index is 2.20. The van der Waals surface area contributed by atoms with Gasteiger partial charge in [-0.05, 0) is 43.0 Å². The van der Waals surface area contributed by atoms with Gasteiger partial charge in [0.05, 0.1) is 13.5 Å². The van der Waals surface area contributed by atoms with E-state index in [-0.39, 0.29) is 18.7 Å². The summed E-state index contributed by atoms with van der Waals surface area (Å²) in [5.74, 6) is -0.405. The van der Waals surface area contributed by atoms with E-state index in [0.29, 0.717) is 13.0 Å². The number of amides is 1. The van der Waals surface area contributed by atoms with Crippen LogP contribution in [0.1, 0.15) is 31.2 Å². The number of carbonyl (C=O) groups excluding carboxylic acids is 1. The largest absolute Gasteiger partial charge is 0.497 e.